The first-order valence-electron chi connectivity index (χ1n) is 7.26. The summed E-state index contributed by atoms with van der Waals surface area (Å²) >= 11 is 0. The Bertz CT molecular complexity index is 716. The second-order valence-corrected chi connectivity index (χ2v) is 4.92. The fourth-order valence-electron chi connectivity index (χ4n) is 2.19. The summed E-state index contributed by atoms with van der Waals surface area (Å²) < 4.78 is 10.8. The quantitative estimate of drug-likeness (QED) is 0.556. The minimum absolute atomic E-state index is 0.334. The van der Waals surface area contributed by atoms with Crippen molar-refractivity contribution in [2.45, 2.75) is 6.42 Å². The first kappa shape index (κ1) is 14.2. The average Bonchev–Trinajstić information content (AvgIpc) is 2.99. The van der Waals surface area contributed by atoms with Crippen molar-refractivity contribution in [3.63, 3.8) is 0 Å². The molecule has 22 heavy (non-hydrogen) atoms. The third kappa shape index (κ3) is 3.47. The van der Waals surface area contributed by atoms with Crippen LogP contribution < -0.4 is 4.74 Å². The maximum Gasteiger partial charge on any atom is 0.354 e. The van der Waals surface area contributed by atoms with Crippen LogP contribution in [0.2, 0.25) is 0 Å². The highest BCUT2D eigenvalue weighted by molar-refractivity contribution is 5.94. The number of ether oxygens (including phenoxy) is 2. The van der Waals surface area contributed by atoms with Crippen molar-refractivity contribution in [2.75, 3.05) is 13.2 Å². The van der Waals surface area contributed by atoms with E-state index in [4.69, 9.17) is 9.47 Å². The third-order valence-electron chi connectivity index (χ3n) is 3.28. The summed E-state index contributed by atoms with van der Waals surface area (Å²) in [7, 11) is 0. The van der Waals surface area contributed by atoms with Gasteiger partial charge in [-0.25, -0.2) is 4.79 Å². The summed E-state index contributed by atoms with van der Waals surface area (Å²) in [6.45, 7) is 0.852. The Labute approximate surface area is 128 Å². The average molecular weight is 295 g/mol. The maximum absolute atomic E-state index is 12.0. The smallest absolute Gasteiger partial charge is 0.354 e. The van der Waals surface area contributed by atoms with Crippen molar-refractivity contribution in [3.8, 4) is 5.75 Å². The van der Waals surface area contributed by atoms with Crippen LogP contribution in [0, 0.1) is 0 Å². The molecule has 0 unspecified atom stereocenters. The minimum Gasteiger partial charge on any atom is -0.493 e. The van der Waals surface area contributed by atoms with Crippen LogP contribution in [-0.2, 0) is 4.74 Å². The molecule has 3 aromatic rings. The van der Waals surface area contributed by atoms with Gasteiger partial charge in [0.15, 0.2) is 0 Å². The Hall–Kier alpha value is -2.75. The highest BCUT2D eigenvalue weighted by Crippen LogP contribution is 2.15. The van der Waals surface area contributed by atoms with Crippen molar-refractivity contribution >= 4 is 16.9 Å². The molecule has 4 heteroatoms. The normalized spacial score (nSPS) is 10.5. The maximum atomic E-state index is 12.0. The number of carbonyl (C=O) groups is 1. The second kappa shape index (κ2) is 6.80. The van der Waals surface area contributed by atoms with Gasteiger partial charge in [-0.15, -0.1) is 0 Å². The first-order valence-corrected chi connectivity index (χ1v) is 7.26. The number of esters is 1. The van der Waals surface area contributed by atoms with Crippen LogP contribution in [0.25, 0.3) is 10.9 Å². The number of nitrogens with one attached hydrogen (secondary N) is 1. The molecule has 0 aliphatic heterocycles. The molecule has 1 N–H and O–H groups in total. The predicted octanol–water partition coefficient (Wildman–Crippen LogP) is 3.79. The summed E-state index contributed by atoms with van der Waals surface area (Å²) in [5.41, 5.74) is 1.41. The Balaban J connectivity index is 1.44. The highest BCUT2D eigenvalue weighted by atomic mass is 16.5. The van der Waals surface area contributed by atoms with Crippen molar-refractivity contribution in [2.24, 2.45) is 0 Å². The van der Waals surface area contributed by atoms with Gasteiger partial charge in [-0.3, -0.25) is 0 Å². The summed E-state index contributed by atoms with van der Waals surface area (Å²) in [4.78, 5) is 15.0. The molecular weight excluding hydrogens is 278 g/mol. The Morgan fingerprint density at radius 3 is 2.55 bits per heavy atom. The molecule has 0 saturated carbocycles. The second-order valence-electron chi connectivity index (χ2n) is 4.92. The van der Waals surface area contributed by atoms with E-state index < -0.39 is 0 Å². The lowest BCUT2D eigenvalue weighted by Crippen LogP contribution is -2.09. The lowest BCUT2D eigenvalue weighted by molar-refractivity contribution is 0.0480. The zero-order valence-electron chi connectivity index (χ0n) is 12.1. The molecule has 0 aliphatic carbocycles. The van der Waals surface area contributed by atoms with Crippen molar-refractivity contribution in [3.05, 3.63) is 66.4 Å². The molecule has 0 aliphatic rings. The molecular formula is C18H17NO3. The number of rotatable bonds is 6. The Kier molecular flexibility index (Phi) is 4.39. The predicted molar refractivity (Wildman–Crippen MR) is 85.1 cm³/mol. The van der Waals surface area contributed by atoms with E-state index in [0.717, 1.165) is 16.7 Å². The van der Waals surface area contributed by atoms with Crippen LogP contribution in [-0.4, -0.2) is 24.2 Å². The van der Waals surface area contributed by atoms with Gasteiger partial charge in [0.05, 0.1) is 13.2 Å². The summed E-state index contributed by atoms with van der Waals surface area (Å²) in [6.07, 6.45) is 0.654. The fourth-order valence-corrected chi connectivity index (χ4v) is 2.19. The number of hydrogen-bond donors (Lipinski definition) is 1. The first-order chi connectivity index (χ1) is 10.8. The van der Waals surface area contributed by atoms with E-state index >= 15 is 0 Å². The van der Waals surface area contributed by atoms with E-state index in [9.17, 15) is 4.79 Å². The largest absolute Gasteiger partial charge is 0.493 e. The van der Waals surface area contributed by atoms with Crippen LogP contribution >= 0.6 is 0 Å². The lowest BCUT2D eigenvalue weighted by Gasteiger charge is -2.06. The van der Waals surface area contributed by atoms with E-state index in [1.54, 1.807) is 6.07 Å². The fraction of sp³-hybridized carbons (Fsp3) is 0.167. The SMILES string of the molecule is O=C(OCCCOc1ccccc1)c1cc2ccccc2[nH]1. The molecule has 4 nitrogen and oxygen atoms in total. The topological polar surface area (TPSA) is 51.3 Å². The van der Waals surface area contributed by atoms with Gasteiger partial charge in [-0.1, -0.05) is 36.4 Å². The monoisotopic (exact) mass is 295 g/mol. The summed E-state index contributed by atoms with van der Waals surface area (Å²) in [5.74, 6) is 0.486. The van der Waals surface area contributed by atoms with Gasteiger partial charge in [0, 0.05) is 17.3 Å². The van der Waals surface area contributed by atoms with E-state index in [2.05, 4.69) is 4.98 Å². The molecule has 1 heterocycles. The molecule has 0 saturated heterocycles. The molecule has 2 aromatic carbocycles. The molecule has 1 aromatic heterocycles. The molecule has 112 valence electrons. The molecule has 0 fully saturated rings. The van der Waals surface area contributed by atoms with E-state index in [0.29, 0.717) is 25.3 Å². The molecule has 0 amide bonds. The zero-order valence-corrected chi connectivity index (χ0v) is 12.1. The van der Waals surface area contributed by atoms with Gasteiger partial charge in [-0.05, 0) is 24.3 Å². The van der Waals surface area contributed by atoms with Gasteiger partial charge in [0.25, 0.3) is 0 Å². The van der Waals surface area contributed by atoms with Crippen LogP contribution in [0.1, 0.15) is 16.9 Å². The summed E-state index contributed by atoms with van der Waals surface area (Å²) in [5, 5.41) is 1.00. The summed E-state index contributed by atoms with van der Waals surface area (Å²) in [6, 6.07) is 19.1. The van der Waals surface area contributed by atoms with Gasteiger partial charge in [0.2, 0.25) is 0 Å². The number of benzene rings is 2. The number of aromatic amines is 1. The standard InChI is InChI=1S/C18H17NO3/c20-18(17-13-14-7-4-5-10-16(14)19-17)22-12-6-11-21-15-8-2-1-3-9-15/h1-5,7-10,13,19H,6,11-12H2. The highest BCUT2D eigenvalue weighted by Gasteiger charge is 2.10. The number of fused-ring (bicyclic) bond motifs is 1. The van der Waals surface area contributed by atoms with Crippen molar-refractivity contribution < 1.29 is 14.3 Å². The van der Waals surface area contributed by atoms with Crippen LogP contribution in [0.4, 0.5) is 0 Å². The van der Waals surface area contributed by atoms with E-state index in [-0.39, 0.29) is 5.97 Å². The van der Waals surface area contributed by atoms with Crippen LogP contribution in [0.15, 0.2) is 60.7 Å². The van der Waals surface area contributed by atoms with E-state index in [1.807, 2.05) is 54.6 Å². The number of carbonyl (C=O) groups excluding carboxylic acids is 1. The molecule has 0 bridgehead atoms. The van der Waals surface area contributed by atoms with Crippen molar-refractivity contribution in [1.82, 2.24) is 4.98 Å². The van der Waals surface area contributed by atoms with Gasteiger partial charge >= 0.3 is 5.97 Å². The minimum atomic E-state index is -0.337. The van der Waals surface area contributed by atoms with Crippen molar-refractivity contribution in [1.29, 1.82) is 0 Å². The van der Waals surface area contributed by atoms with Crippen LogP contribution in [0.3, 0.4) is 0 Å². The number of hydrogen-bond acceptors (Lipinski definition) is 3. The lowest BCUT2D eigenvalue weighted by atomic mass is 10.2. The molecule has 3 rings (SSSR count). The Morgan fingerprint density at radius 2 is 1.73 bits per heavy atom. The van der Waals surface area contributed by atoms with Gasteiger partial charge in [-0.2, -0.15) is 0 Å². The Morgan fingerprint density at radius 1 is 0.955 bits per heavy atom. The third-order valence-corrected chi connectivity index (χ3v) is 3.28. The van der Waals surface area contributed by atoms with Gasteiger partial charge < -0.3 is 14.5 Å². The van der Waals surface area contributed by atoms with Crippen LogP contribution in [0.5, 0.6) is 5.75 Å². The number of aromatic nitrogens is 1. The molecule has 0 radical (unpaired) electrons. The molecule has 0 atom stereocenters. The number of para-hydroxylation sites is 2. The molecule has 0 spiro atoms. The van der Waals surface area contributed by atoms with E-state index in [1.165, 1.54) is 0 Å². The zero-order chi connectivity index (χ0) is 15.2. The van der Waals surface area contributed by atoms with Gasteiger partial charge in [0.1, 0.15) is 11.4 Å². The number of H-pyrrole nitrogens is 1.